The fourth-order valence-electron chi connectivity index (χ4n) is 7.63. The summed E-state index contributed by atoms with van der Waals surface area (Å²) in [6.07, 6.45) is 9.44. The van der Waals surface area contributed by atoms with Gasteiger partial charge in [0.2, 0.25) is 0 Å². The molecule has 2 amide bonds. The minimum Gasteiger partial charge on any atom is -0.328 e. The van der Waals surface area contributed by atoms with Gasteiger partial charge >= 0.3 is 6.03 Å². The molecule has 3 saturated heterocycles. The van der Waals surface area contributed by atoms with Crippen LogP contribution in [0.4, 0.5) is 4.79 Å². The van der Waals surface area contributed by atoms with Gasteiger partial charge < -0.3 is 24.6 Å². The molecular formula is C37H52N6O. The first kappa shape index (κ1) is 30.8. The molecule has 3 aliphatic heterocycles. The molecule has 1 N–H and O–H groups in total. The Morgan fingerprint density at radius 2 is 1.61 bits per heavy atom. The summed E-state index contributed by atoms with van der Waals surface area (Å²) in [6, 6.07) is 21.7. The van der Waals surface area contributed by atoms with Crippen LogP contribution in [0.1, 0.15) is 76.7 Å². The zero-order chi connectivity index (χ0) is 30.5. The van der Waals surface area contributed by atoms with Crippen LogP contribution in [-0.4, -0.2) is 82.1 Å². The van der Waals surface area contributed by atoms with Crippen molar-refractivity contribution >= 4 is 6.03 Å². The summed E-state index contributed by atoms with van der Waals surface area (Å²) in [6.45, 7) is 14.4. The fourth-order valence-corrected chi connectivity index (χ4v) is 7.63. The average molecular weight is 597 g/mol. The number of imidazole rings is 1. The van der Waals surface area contributed by atoms with Gasteiger partial charge in [-0.15, -0.1) is 0 Å². The van der Waals surface area contributed by atoms with Gasteiger partial charge in [0.15, 0.2) is 0 Å². The number of rotatable bonds is 8. The smallest absolute Gasteiger partial charge is 0.320 e. The van der Waals surface area contributed by atoms with Crippen molar-refractivity contribution < 1.29 is 4.79 Å². The molecule has 0 aliphatic carbocycles. The second-order valence-electron chi connectivity index (χ2n) is 14.3. The van der Waals surface area contributed by atoms with Gasteiger partial charge in [0.05, 0.1) is 11.7 Å². The minimum atomic E-state index is -0.221. The van der Waals surface area contributed by atoms with Crippen LogP contribution in [0, 0.1) is 11.3 Å². The third-order valence-corrected chi connectivity index (χ3v) is 9.95. The first-order valence-corrected chi connectivity index (χ1v) is 17.0. The highest BCUT2D eigenvalue weighted by Crippen LogP contribution is 2.40. The molecule has 1 aromatic heterocycles. The summed E-state index contributed by atoms with van der Waals surface area (Å²) in [5, 5.41) is 3.55. The Balaban J connectivity index is 1.34. The zero-order valence-electron chi connectivity index (χ0n) is 27.1. The van der Waals surface area contributed by atoms with Crippen molar-refractivity contribution in [3.8, 4) is 11.3 Å². The highest BCUT2D eigenvalue weighted by atomic mass is 16.2. The Hall–Kier alpha value is -3.16. The van der Waals surface area contributed by atoms with E-state index < -0.39 is 0 Å². The minimum absolute atomic E-state index is 0.170. The van der Waals surface area contributed by atoms with E-state index in [1.165, 1.54) is 37.9 Å². The topological polar surface area (TPSA) is 56.6 Å². The van der Waals surface area contributed by atoms with Crippen molar-refractivity contribution in [2.24, 2.45) is 11.3 Å². The maximum atomic E-state index is 14.8. The summed E-state index contributed by atoms with van der Waals surface area (Å²) in [7, 11) is 0. The number of benzene rings is 2. The van der Waals surface area contributed by atoms with Gasteiger partial charge in [-0.3, -0.25) is 0 Å². The monoisotopic (exact) mass is 596 g/mol. The first-order valence-electron chi connectivity index (χ1n) is 17.0. The van der Waals surface area contributed by atoms with Crippen molar-refractivity contribution in [1.82, 2.24) is 29.6 Å². The normalized spacial score (nSPS) is 21.0. The Bertz CT molecular complexity index is 1330. The quantitative estimate of drug-likeness (QED) is 0.316. The van der Waals surface area contributed by atoms with Gasteiger partial charge in [0.1, 0.15) is 5.82 Å². The van der Waals surface area contributed by atoms with Crippen LogP contribution >= 0.6 is 0 Å². The van der Waals surface area contributed by atoms with Crippen LogP contribution in [0.2, 0.25) is 0 Å². The van der Waals surface area contributed by atoms with Crippen molar-refractivity contribution in [2.75, 3.05) is 45.8 Å². The molecule has 2 aromatic carbocycles. The molecular weight excluding hydrogens is 544 g/mol. The van der Waals surface area contributed by atoms with Gasteiger partial charge in [0, 0.05) is 44.0 Å². The molecule has 4 heterocycles. The molecule has 3 aliphatic rings. The Morgan fingerprint density at radius 3 is 2.25 bits per heavy atom. The number of nitrogens with zero attached hydrogens (tertiary/aromatic N) is 5. The third kappa shape index (κ3) is 7.21. The van der Waals surface area contributed by atoms with E-state index in [4.69, 9.17) is 4.98 Å². The predicted molar refractivity (Wildman–Crippen MR) is 179 cm³/mol. The van der Waals surface area contributed by atoms with Gasteiger partial charge in [-0.1, -0.05) is 87.9 Å². The number of likely N-dealkylation sites (tertiary alicyclic amines) is 2. The van der Waals surface area contributed by atoms with E-state index in [0.717, 1.165) is 75.6 Å². The van der Waals surface area contributed by atoms with E-state index in [-0.39, 0.29) is 17.5 Å². The van der Waals surface area contributed by atoms with Gasteiger partial charge in [-0.25, -0.2) is 9.78 Å². The average Bonchev–Trinajstić information content (AvgIpc) is 3.72. The van der Waals surface area contributed by atoms with Crippen LogP contribution < -0.4 is 5.32 Å². The number of nitrogens with one attached hydrogen (secondary N) is 1. The Labute approximate surface area is 264 Å². The number of aromatic nitrogens is 2. The zero-order valence-corrected chi connectivity index (χ0v) is 27.1. The fraction of sp³-hybridized carbons (Fsp3) is 0.568. The van der Waals surface area contributed by atoms with E-state index in [9.17, 15) is 4.79 Å². The molecule has 0 bridgehead atoms. The molecule has 0 saturated carbocycles. The van der Waals surface area contributed by atoms with Crippen LogP contribution in [0.3, 0.4) is 0 Å². The van der Waals surface area contributed by atoms with E-state index in [1.54, 1.807) is 0 Å². The van der Waals surface area contributed by atoms with Crippen molar-refractivity contribution in [3.63, 3.8) is 0 Å². The van der Waals surface area contributed by atoms with E-state index in [2.05, 4.69) is 106 Å². The van der Waals surface area contributed by atoms with Gasteiger partial charge in [-0.2, -0.15) is 0 Å². The molecule has 3 aromatic rings. The summed E-state index contributed by atoms with van der Waals surface area (Å²) in [5.41, 5.74) is 3.08. The molecule has 44 heavy (non-hydrogen) atoms. The maximum absolute atomic E-state index is 14.8. The van der Waals surface area contributed by atoms with Gasteiger partial charge in [0.25, 0.3) is 0 Å². The second-order valence-corrected chi connectivity index (χ2v) is 14.3. The Morgan fingerprint density at radius 1 is 0.932 bits per heavy atom. The highest BCUT2D eigenvalue weighted by Gasteiger charge is 2.42. The number of carbonyl (C=O) groups excluding carboxylic acids is 1. The van der Waals surface area contributed by atoms with E-state index in [0.29, 0.717) is 12.0 Å². The standard InChI is InChI=1S/C37H52N6O/c1-37(2,3)34(35-39-33(31-15-9-5-10-16-31)28-42(35)26-29-13-7-4-8-14-29)43(27-30-17-20-38-25-30)36(44)41-23-18-32(19-24-41)40-21-11-6-12-22-40/h4-5,7-10,13-16,28,30,32,34,38H,6,11-12,17-27H2,1-3H3/t30?,34-/m0/s1. The van der Waals surface area contributed by atoms with Crippen LogP contribution in [0.25, 0.3) is 11.3 Å². The Kier molecular flexibility index (Phi) is 9.72. The van der Waals surface area contributed by atoms with Crippen LogP contribution in [-0.2, 0) is 6.54 Å². The number of hydrogen-bond donors (Lipinski definition) is 1. The number of piperidine rings is 2. The predicted octanol–water partition coefficient (Wildman–Crippen LogP) is 6.67. The van der Waals surface area contributed by atoms with E-state index in [1.807, 2.05) is 6.07 Å². The van der Waals surface area contributed by atoms with Crippen molar-refractivity contribution in [3.05, 3.63) is 78.2 Å². The number of carbonyl (C=O) groups is 1. The number of urea groups is 1. The lowest BCUT2D eigenvalue weighted by Crippen LogP contribution is -2.54. The maximum Gasteiger partial charge on any atom is 0.320 e. The van der Waals surface area contributed by atoms with Crippen molar-refractivity contribution in [2.45, 2.75) is 77.9 Å². The third-order valence-electron chi connectivity index (χ3n) is 9.95. The van der Waals surface area contributed by atoms with Crippen LogP contribution in [0.5, 0.6) is 0 Å². The second kappa shape index (κ2) is 13.9. The lowest BCUT2D eigenvalue weighted by Gasteiger charge is -2.45. The number of amides is 2. The van der Waals surface area contributed by atoms with Gasteiger partial charge in [-0.05, 0) is 75.2 Å². The molecule has 2 atom stereocenters. The largest absolute Gasteiger partial charge is 0.328 e. The molecule has 1 unspecified atom stereocenters. The van der Waals surface area contributed by atoms with Crippen LogP contribution in [0.15, 0.2) is 66.9 Å². The lowest BCUT2D eigenvalue weighted by atomic mass is 9.84. The molecule has 6 rings (SSSR count). The molecule has 7 heteroatoms. The molecule has 236 valence electrons. The molecule has 3 fully saturated rings. The molecule has 7 nitrogen and oxygen atoms in total. The van der Waals surface area contributed by atoms with Crippen molar-refractivity contribution in [1.29, 1.82) is 0 Å². The summed E-state index contributed by atoms with van der Waals surface area (Å²) >= 11 is 0. The highest BCUT2D eigenvalue weighted by molar-refractivity contribution is 5.75. The summed E-state index contributed by atoms with van der Waals surface area (Å²) < 4.78 is 2.31. The lowest BCUT2D eigenvalue weighted by molar-refractivity contribution is 0.0556. The first-order chi connectivity index (χ1) is 21.4. The summed E-state index contributed by atoms with van der Waals surface area (Å²) in [5.74, 6) is 1.42. The van der Waals surface area contributed by atoms with E-state index >= 15 is 0 Å². The summed E-state index contributed by atoms with van der Waals surface area (Å²) in [4.78, 5) is 27.2. The molecule has 0 radical (unpaired) electrons. The number of hydrogen-bond acceptors (Lipinski definition) is 4. The molecule has 0 spiro atoms. The SMILES string of the molecule is CC(C)(C)[C@H](c1nc(-c2ccccc2)cn1Cc1ccccc1)N(CC1CCNC1)C(=O)N1CCC(N2CCCCC2)CC1.